The number of hydrogen-bond donors (Lipinski definition) is 1. The summed E-state index contributed by atoms with van der Waals surface area (Å²) in [5, 5.41) is 0. The molecule has 0 saturated heterocycles. The summed E-state index contributed by atoms with van der Waals surface area (Å²) in [5.74, 6) is -0.437. The monoisotopic (exact) mass is 241 g/mol. The van der Waals surface area contributed by atoms with Crippen molar-refractivity contribution >= 4 is 5.97 Å². The van der Waals surface area contributed by atoms with E-state index in [0.29, 0.717) is 25.4 Å². The minimum Gasteiger partial charge on any atom is -0.458 e. The van der Waals surface area contributed by atoms with Crippen molar-refractivity contribution in [3.63, 3.8) is 0 Å². The third-order valence-corrected chi connectivity index (χ3v) is 2.00. The van der Waals surface area contributed by atoms with E-state index in [0.717, 1.165) is 0 Å². The van der Waals surface area contributed by atoms with Crippen LogP contribution in [0.2, 0.25) is 0 Å². The Bertz CT molecular complexity index is 349. The van der Waals surface area contributed by atoms with Gasteiger partial charge in [0.1, 0.15) is 6.61 Å². The SMILES string of the molecule is CC(C)OCCOC(=O)c1cn(CCN)cn1. The van der Waals surface area contributed by atoms with E-state index in [-0.39, 0.29) is 12.7 Å². The first kappa shape index (κ1) is 13.7. The van der Waals surface area contributed by atoms with Gasteiger partial charge in [-0.25, -0.2) is 9.78 Å². The molecule has 0 atom stereocenters. The van der Waals surface area contributed by atoms with E-state index in [2.05, 4.69) is 4.98 Å². The number of rotatable bonds is 7. The molecule has 0 spiro atoms. The van der Waals surface area contributed by atoms with Crippen LogP contribution in [-0.4, -0.2) is 41.4 Å². The van der Waals surface area contributed by atoms with Gasteiger partial charge < -0.3 is 19.8 Å². The Kier molecular flexibility index (Phi) is 5.65. The highest BCUT2D eigenvalue weighted by atomic mass is 16.6. The Morgan fingerprint density at radius 1 is 1.53 bits per heavy atom. The van der Waals surface area contributed by atoms with Crippen molar-refractivity contribution in [3.05, 3.63) is 18.2 Å². The van der Waals surface area contributed by atoms with Gasteiger partial charge in [0, 0.05) is 19.3 Å². The number of nitrogens with two attached hydrogens (primary N) is 1. The first-order valence-corrected chi connectivity index (χ1v) is 5.64. The molecule has 0 saturated carbocycles. The predicted molar refractivity (Wildman–Crippen MR) is 62.7 cm³/mol. The summed E-state index contributed by atoms with van der Waals surface area (Å²) in [6, 6.07) is 0. The summed E-state index contributed by atoms with van der Waals surface area (Å²) in [7, 11) is 0. The molecule has 2 N–H and O–H groups in total. The molecule has 0 bridgehead atoms. The van der Waals surface area contributed by atoms with Gasteiger partial charge in [-0.3, -0.25) is 0 Å². The highest BCUT2D eigenvalue weighted by Gasteiger charge is 2.10. The molecule has 1 rings (SSSR count). The quantitative estimate of drug-likeness (QED) is 0.553. The Labute approximate surface area is 101 Å². The summed E-state index contributed by atoms with van der Waals surface area (Å²) < 4.78 is 12.0. The van der Waals surface area contributed by atoms with E-state index >= 15 is 0 Å². The highest BCUT2D eigenvalue weighted by molar-refractivity contribution is 5.86. The highest BCUT2D eigenvalue weighted by Crippen LogP contribution is 1.99. The Morgan fingerprint density at radius 2 is 2.29 bits per heavy atom. The lowest BCUT2D eigenvalue weighted by Gasteiger charge is -2.07. The topological polar surface area (TPSA) is 79.4 Å². The number of imidazole rings is 1. The lowest BCUT2D eigenvalue weighted by molar-refractivity contribution is 0.0173. The van der Waals surface area contributed by atoms with Crippen molar-refractivity contribution < 1.29 is 14.3 Å². The van der Waals surface area contributed by atoms with Crippen molar-refractivity contribution in [2.75, 3.05) is 19.8 Å². The van der Waals surface area contributed by atoms with Crippen LogP contribution in [0.4, 0.5) is 0 Å². The number of hydrogen-bond acceptors (Lipinski definition) is 5. The second kappa shape index (κ2) is 7.03. The maximum absolute atomic E-state index is 11.5. The molecule has 6 heteroatoms. The second-order valence-electron chi connectivity index (χ2n) is 3.84. The summed E-state index contributed by atoms with van der Waals surface area (Å²) in [4.78, 5) is 15.5. The molecule has 0 unspecified atom stereocenters. The molecule has 1 aromatic heterocycles. The number of nitrogens with zero attached hydrogens (tertiary/aromatic N) is 2. The lowest BCUT2D eigenvalue weighted by Crippen LogP contribution is -2.14. The van der Waals surface area contributed by atoms with Crippen molar-refractivity contribution in [1.29, 1.82) is 0 Å². The number of carbonyl (C=O) groups is 1. The maximum atomic E-state index is 11.5. The Morgan fingerprint density at radius 3 is 2.94 bits per heavy atom. The largest absolute Gasteiger partial charge is 0.458 e. The first-order chi connectivity index (χ1) is 8.13. The fourth-order valence-corrected chi connectivity index (χ4v) is 1.23. The molecule has 0 aromatic carbocycles. The van der Waals surface area contributed by atoms with Crippen molar-refractivity contribution in [1.82, 2.24) is 9.55 Å². The normalized spacial score (nSPS) is 10.8. The van der Waals surface area contributed by atoms with Crippen LogP contribution in [0.3, 0.4) is 0 Å². The minimum atomic E-state index is -0.437. The molecule has 0 aliphatic carbocycles. The average molecular weight is 241 g/mol. The van der Waals surface area contributed by atoms with E-state index in [1.165, 1.54) is 0 Å². The first-order valence-electron chi connectivity index (χ1n) is 5.64. The van der Waals surface area contributed by atoms with Crippen LogP contribution in [0.1, 0.15) is 24.3 Å². The van der Waals surface area contributed by atoms with Gasteiger partial charge in [-0.1, -0.05) is 0 Å². The van der Waals surface area contributed by atoms with Crippen LogP contribution in [0.15, 0.2) is 12.5 Å². The van der Waals surface area contributed by atoms with Crippen LogP contribution in [0.5, 0.6) is 0 Å². The smallest absolute Gasteiger partial charge is 0.358 e. The summed E-state index contributed by atoms with van der Waals surface area (Å²) in [6.07, 6.45) is 3.32. The predicted octanol–water partition coefficient (Wildman–Crippen LogP) is 0.424. The van der Waals surface area contributed by atoms with E-state index < -0.39 is 5.97 Å². The minimum absolute atomic E-state index is 0.137. The fourth-order valence-electron chi connectivity index (χ4n) is 1.23. The Balaban J connectivity index is 2.31. The van der Waals surface area contributed by atoms with Gasteiger partial charge in [0.2, 0.25) is 0 Å². The van der Waals surface area contributed by atoms with Crippen LogP contribution in [0.25, 0.3) is 0 Å². The molecule has 0 amide bonds. The van der Waals surface area contributed by atoms with Crippen LogP contribution >= 0.6 is 0 Å². The zero-order chi connectivity index (χ0) is 12.7. The molecule has 0 radical (unpaired) electrons. The van der Waals surface area contributed by atoms with Crippen molar-refractivity contribution in [3.8, 4) is 0 Å². The molecular formula is C11H19N3O3. The van der Waals surface area contributed by atoms with Gasteiger partial charge in [0.15, 0.2) is 5.69 Å². The van der Waals surface area contributed by atoms with E-state index in [9.17, 15) is 4.79 Å². The summed E-state index contributed by atoms with van der Waals surface area (Å²) >= 11 is 0. The van der Waals surface area contributed by atoms with E-state index in [1.54, 1.807) is 17.1 Å². The maximum Gasteiger partial charge on any atom is 0.358 e. The van der Waals surface area contributed by atoms with Gasteiger partial charge in [-0.2, -0.15) is 0 Å². The molecule has 6 nitrogen and oxygen atoms in total. The van der Waals surface area contributed by atoms with Gasteiger partial charge in [0.25, 0.3) is 0 Å². The zero-order valence-electron chi connectivity index (χ0n) is 10.3. The Hall–Kier alpha value is -1.40. The van der Waals surface area contributed by atoms with Crippen LogP contribution in [0, 0.1) is 0 Å². The lowest BCUT2D eigenvalue weighted by atomic mass is 10.5. The molecule has 17 heavy (non-hydrogen) atoms. The molecule has 0 aliphatic rings. The molecule has 1 aromatic rings. The van der Waals surface area contributed by atoms with Crippen molar-refractivity contribution in [2.24, 2.45) is 5.73 Å². The molecule has 1 heterocycles. The molecular weight excluding hydrogens is 222 g/mol. The van der Waals surface area contributed by atoms with Crippen LogP contribution in [-0.2, 0) is 16.0 Å². The van der Waals surface area contributed by atoms with Gasteiger partial charge in [0.05, 0.1) is 19.0 Å². The molecule has 96 valence electrons. The number of carbonyl (C=O) groups excluding carboxylic acids is 1. The second-order valence-corrected chi connectivity index (χ2v) is 3.84. The fraction of sp³-hybridized carbons (Fsp3) is 0.636. The van der Waals surface area contributed by atoms with E-state index in [4.69, 9.17) is 15.2 Å². The van der Waals surface area contributed by atoms with Crippen LogP contribution < -0.4 is 5.73 Å². The zero-order valence-corrected chi connectivity index (χ0v) is 10.3. The van der Waals surface area contributed by atoms with E-state index in [1.807, 2.05) is 13.8 Å². The molecule has 0 aliphatic heterocycles. The third-order valence-electron chi connectivity index (χ3n) is 2.00. The average Bonchev–Trinajstić information content (AvgIpc) is 2.73. The van der Waals surface area contributed by atoms with Gasteiger partial charge in [-0.05, 0) is 13.8 Å². The molecule has 0 fully saturated rings. The summed E-state index contributed by atoms with van der Waals surface area (Å²) in [5.41, 5.74) is 5.69. The van der Waals surface area contributed by atoms with Gasteiger partial charge >= 0.3 is 5.97 Å². The summed E-state index contributed by atoms with van der Waals surface area (Å²) in [6.45, 7) is 5.63. The third kappa shape index (κ3) is 4.97. The number of esters is 1. The van der Waals surface area contributed by atoms with Gasteiger partial charge in [-0.15, -0.1) is 0 Å². The number of ether oxygens (including phenoxy) is 2. The van der Waals surface area contributed by atoms with Crippen molar-refractivity contribution in [2.45, 2.75) is 26.5 Å². The standard InChI is InChI=1S/C11H19N3O3/c1-9(2)16-5-6-17-11(15)10-7-14(4-3-12)8-13-10/h7-9H,3-6,12H2,1-2H3. The number of aromatic nitrogens is 2.